The number of nitrogens with zero attached hydrogens (tertiary/aromatic N) is 1. The molecule has 1 aliphatic heterocycles. The summed E-state index contributed by atoms with van der Waals surface area (Å²) in [6.07, 6.45) is 2.03. The molecule has 1 aromatic rings. The summed E-state index contributed by atoms with van der Waals surface area (Å²) >= 11 is 0. The first kappa shape index (κ1) is 16.1. The predicted octanol–water partition coefficient (Wildman–Crippen LogP) is 0.556. The van der Waals surface area contributed by atoms with Crippen LogP contribution in [0.25, 0.3) is 0 Å². The maximum atomic E-state index is 10.8. The summed E-state index contributed by atoms with van der Waals surface area (Å²) in [5, 5.41) is 0. The lowest BCUT2D eigenvalue weighted by atomic mass is 10.0. The van der Waals surface area contributed by atoms with Crippen LogP contribution in [0.1, 0.15) is 18.1 Å². The predicted molar refractivity (Wildman–Crippen MR) is 76.4 cm³/mol. The summed E-state index contributed by atoms with van der Waals surface area (Å²) in [6.45, 7) is 3.36. The Hall–Kier alpha value is -1.28. The highest BCUT2D eigenvalue weighted by molar-refractivity contribution is 7.80. The second kappa shape index (κ2) is 7.13. The Kier molecular flexibility index (Phi) is 5.46. The molecular formula is C14H19NO5S. The van der Waals surface area contributed by atoms with Gasteiger partial charge in [0.25, 0.3) is 0 Å². The van der Waals surface area contributed by atoms with Gasteiger partial charge < -0.3 is 9.29 Å². The van der Waals surface area contributed by atoms with E-state index in [1.807, 2.05) is 29.0 Å². The van der Waals surface area contributed by atoms with Crippen LogP contribution in [0.2, 0.25) is 0 Å². The quantitative estimate of drug-likeness (QED) is 0.417. The molecule has 0 aromatic heterocycles. The Bertz CT molecular complexity index is 612. The lowest BCUT2D eigenvalue weighted by Crippen LogP contribution is -2.36. The van der Waals surface area contributed by atoms with Crippen molar-refractivity contribution in [1.82, 2.24) is 0 Å². The third-order valence-corrected chi connectivity index (χ3v) is 3.75. The average molecular weight is 313 g/mol. The second-order valence-corrected chi connectivity index (χ2v) is 5.87. The summed E-state index contributed by atoms with van der Waals surface area (Å²) in [7, 11) is -4.74. The van der Waals surface area contributed by atoms with E-state index >= 15 is 0 Å². The van der Waals surface area contributed by atoms with E-state index in [-0.39, 0.29) is 6.61 Å². The zero-order valence-electron chi connectivity index (χ0n) is 11.9. The van der Waals surface area contributed by atoms with Crippen LogP contribution in [-0.2, 0) is 25.7 Å². The van der Waals surface area contributed by atoms with Crippen LogP contribution in [0.4, 0.5) is 0 Å². The minimum Gasteiger partial charge on any atom is -0.726 e. The van der Waals surface area contributed by atoms with Crippen molar-refractivity contribution in [3.05, 3.63) is 35.4 Å². The van der Waals surface area contributed by atoms with E-state index in [2.05, 4.69) is 10.2 Å². The SMILES string of the molecule is CCOCC(C[N+]1=Cc2ccccc2CC1)OS(=O)(=O)[O-]. The molecule has 1 aliphatic rings. The van der Waals surface area contributed by atoms with Gasteiger partial charge in [-0.1, -0.05) is 18.2 Å². The maximum Gasteiger partial charge on any atom is 0.218 e. The van der Waals surface area contributed by atoms with Gasteiger partial charge in [0, 0.05) is 18.6 Å². The maximum absolute atomic E-state index is 10.8. The van der Waals surface area contributed by atoms with Crippen LogP contribution in [0.3, 0.4) is 0 Å². The Morgan fingerprint density at radius 2 is 2.14 bits per heavy atom. The van der Waals surface area contributed by atoms with Crippen LogP contribution in [0, 0.1) is 0 Å². The van der Waals surface area contributed by atoms with Gasteiger partial charge in [-0.2, -0.15) is 0 Å². The molecule has 1 unspecified atom stereocenters. The molecule has 0 aliphatic carbocycles. The molecule has 0 amide bonds. The van der Waals surface area contributed by atoms with Crippen molar-refractivity contribution in [1.29, 1.82) is 0 Å². The van der Waals surface area contributed by atoms with E-state index in [1.54, 1.807) is 6.92 Å². The second-order valence-electron chi connectivity index (χ2n) is 4.86. The summed E-state index contributed by atoms with van der Waals surface area (Å²) < 4.78 is 44.0. The third-order valence-electron chi connectivity index (χ3n) is 3.25. The molecule has 1 atom stereocenters. The van der Waals surface area contributed by atoms with Crippen molar-refractivity contribution in [2.24, 2.45) is 0 Å². The van der Waals surface area contributed by atoms with Gasteiger partial charge in [0.15, 0.2) is 18.9 Å². The fourth-order valence-corrected chi connectivity index (χ4v) is 2.80. The molecule has 0 saturated heterocycles. The molecular weight excluding hydrogens is 294 g/mol. The third kappa shape index (κ3) is 5.20. The van der Waals surface area contributed by atoms with E-state index < -0.39 is 16.5 Å². The summed E-state index contributed by atoms with van der Waals surface area (Å²) in [4.78, 5) is 0. The van der Waals surface area contributed by atoms with E-state index in [0.717, 1.165) is 18.5 Å². The first-order valence-electron chi connectivity index (χ1n) is 6.86. The normalized spacial score (nSPS) is 16.2. The lowest BCUT2D eigenvalue weighted by molar-refractivity contribution is -0.532. The fourth-order valence-electron chi connectivity index (χ4n) is 2.35. The van der Waals surface area contributed by atoms with Gasteiger partial charge in [0.2, 0.25) is 10.4 Å². The van der Waals surface area contributed by atoms with Crippen molar-refractivity contribution in [2.75, 3.05) is 26.3 Å². The Labute approximate surface area is 125 Å². The molecule has 0 bridgehead atoms. The lowest BCUT2D eigenvalue weighted by Gasteiger charge is -2.19. The molecule has 0 saturated carbocycles. The first-order valence-corrected chi connectivity index (χ1v) is 8.20. The van der Waals surface area contributed by atoms with Gasteiger partial charge in [0.1, 0.15) is 6.54 Å². The molecule has 116 valence electrons. The highest BCUT2D eigenvalue weighted by atomic mass is 32.3. The van der Waals surface area contributed by atoms with Crippen LogP contribution in [0.15, 0.2) is 24.3 Å². The van der Waals surface area contributed by atoms with Gasteiger partial charge >= 0.3 is 0 Å². The molecule has 0 fully saturated rings. The number of fused-ring (bicyclic) bond motifs is 1. The van der Waals surface area contributed by atoms with Crippen LogP contribution >= 0.6 is 0 Å². The van der Waals surface area contributed by atoms with Gasteiger partial charge in [-0.25, -0.2) is 13.0 Å². The molecule has 1 heterocycles. The zero-order chi connectivity index (χ0) is 15.3. The average Bonchev–Trinajstić information content (AvgIpc) is 2.43. The Morgan fingerprint density at radius 3 is 2.86 bits per heavy atom. The molecule has 0 spiro atoms. The number of benzene rings is 1. The monoisotopic (exact) mass is 313 g/mol. The van der Waals surface area contributed by atoms with Crippen molar-refractivity contribution in [3.8, 4) is 0 Å². The van der Waals surface area contributed by atoms with E-state index in [9.17, 15) is 13.0 Å². The van der Waals surface area contributed by atoms with Crippen molar-refractivity contribution in [3.63, 3.8) is 0 Å². The molecule has 1 aromatic carbocycles. The summed E-state index contributed by atoms with van der Waals surface area (Å²) in [5.41, 5.74) is 2.36. The Morgan fingerprint density at radius 1 is 1.38 bits per heavy atom. The minimum atomic E-state index is -4.74. The van der Waals surface area contributed by atoms with Gasteiger partial charge in [-0.05, 0) is 18.6 Å². The molecule has 21 heavy (non-hydrogen) atoms. The summed E-state index contributed by atoms with van der Waals surface area (Å²) in [5.74, 6) is 0. The number of ether oxygens (including phenoxy) is 1. The fraction of sp³-hybridized carbons (Fsp3) is 0.500. The molecule has 0 radical (unpaired) electrons. The molecule has 6 nitrogen and oxygen atoms in total. The standard InChI is InChI=1S/C14H19NO5S/c1-2-19-11-14(20-21(16,17)18)10-15-8-7-12-5-3-4-6-13(12)9-15/h3-6,9,14H,2,7-8,10-11H2,1H3. The molecule has 0 N–H and O–H groups in total. The Balaban J connectivity index is 2.08. The highest BCUT2D eigenvalue weighted by Crippen LogP contribution is 2.12. The van der Waals surface area contributed by atoms with Gasteiger partial charge in [0.05, 0.1) is 6.61 Å². The van der Waals surface area contributed by atoms with Crippen molar-refractivity contribution in [2.45, 2.75) is 19.4 Å². The number of rotatable bonds is 7. The number of hydrogen-bond donors (Lipinski definition) is 0. The number of hydrogen-bond acceptors (Lipinski definition) is 5. The van der Waals surface area contributed by atoms with E-state index in [0.29, 0.717) is 13.2 Å². The van der Waals surface area contributed by atoms with Crippen LogP contribution in [0.5, 0.6) is 0 Å². The van der Waals surface area contributed by atoms with E-state index in [4.69, 9.17) is 4.74 Å². The molecule has 7 heteroatoms. The minimum absolute atomic E-state index is 0.0734. The van der Waals surface area contributed by atoms with Crippen molar-refractivity contribution >= 4 is 16.6 Å². The van der Waals surface area contributed by atoms with Crippen LogP contribution in [-0.4, -0.2) is 56.2 Å². The van der Waals surface area contributed by atoms with Crippen LogP contribution < -0.4 is 0 Å². The smallest absolute Gasteiger partial charge is 0.218 e. The largest absolute Gasteiger partial charge is 0.726 e. The van der Waals surface area contributed by atoms with Crippen molar-refractivity contribution < 1.29 is 26.5 Å². The highest BCUT2D eigenvalue weighted by Gasteiger charge is 2.22. The summed E-state index contributed by atoms with van der Waals surface area (Å²) in [6, 6.07) is 8.02. The first-order chi connectivity index (χ1) is 9.98. The molecule has 2 rings (SSSR count). The van der Waals surface area contributed by atoms with Gasteiger partial charge in [-0.3, -0.25) is 4.18 Å². The zero-order valence-corrected chi connectivity index (χ0v) is 12.7. The van der Waals surface area contributed by atoms with E-state index in [1.165, 1.54) is 5.56 Å². The van der Waals surface area contributed by atoms with Gasteiger partial charge in [-0.15, -0.1) is 0 Å². The topological polar surface area (TPSA) is 78.7 Å².